The highest BCUT2D eigenvalue weighted by atomic mass is 32.2. The van der Waals surface area contributed by atoms with Crippen LogP contribution in [0.5, 0.6) is 0 Å². The van der Waals surface area contributed by atoms with E-state index >= 15 is 0 Å². The summed E-state index contributed by atoms with van der Waals surface area (Å²) in [6, 6.07) is 0. The molecule has 17 heteroatoms. The van der Waals surface area contributed by atoms with Crippen LogP contribution < -0.4 is 0 Å². The number of hydrogen-bond donors (Lipinski definition) is 0. The van der Waals surface area contributed by atoms with Gasteiger partial charge in [-0.2, -0.15) is 43.2 Å². The average Bonchev–Trinajstić information content (AvgIpc) is 2.87. The van der Waals surface area contributed by atoms with E-state index < -0.39 is 68.2 Å². The number of alkyl halides is 6. The van der Waals surface area contributed by atoms with Gasteiger partial charge < -0.3 is 14.2 Å². The van der Waals surface area contributed by atoms with Crippen molar-refractivity contribution >= 4 is 20.2 Å². The largest absolute Gasteiger partial charge is 0.523 e. The lowest BCUT2D eigenvalue weighted by Crippen LogP contribution is -2.43. The molecule has 0 aliphatic carbocycles. The third-order valence-electron chi connectivity index (χ3n) is 3.28. The normalized spacial score (nSPS) is 31.9. The Morgan fingerprint density at radius 1 is 0.926 bits per heavy atom. The van der Waals surface area contributed by atoms with Crippen molar-refractivity contribution in [1.29, 1.82) is 0 Å². The average molecular weight is 454 g/mol. The minimum Gasteiger partial charge on any atom is -0.341 e. The van der Waals surface area contributed by atoms with Crippen LogP contribution in [-0.2, 0) is 42.8 Å². The standard InChI is InChI=1S/C10H12F6O9S2/c1-8(2)23-6-5(25-27(19,20)10(14,15)16)4(22-7(6)24-8)3-21-26(17,18)9(11,12)13/h4-7H,3H2,1-2H3/t4-,5-,6+,7+/m0/s1. The van der Waals surface area contributed by atoms with Gasteiger partial charge in [-0.1, -0.05) is 0 Å². The Balaban J connectivity index is 2.23. The first-order valence-electron chi connectivity index (χ1n) is 6.83. The van der Waals surface area contributed by atoms with Crippen molar-refractivity contribution < 1.29 is 65.8 Å². The van der Waals surface area contributed by atoms with Crippen molar-refractivity contribution in [2.75, 3.05) is 6.61 Å². The van der Waals surface area contributed by atoms with Gasteiger partial charge in [0.25, 0.3) is 0 Å². The first-order chi connectivity index (χ1) is 11.9. The molecule has 2 heterocycles. The van der Waals surface area contributed by atoms with Gasteiger partial charge in [0.2, 0.25) is 0 Å². The maximum atomic E-state index is 12.5. The van der Waals surface area contributed by atoms with Crippen LogP contribution in [0.2, 0.25) is 0 Å². The maximum Gasteiger partial charge on any atom is 0.523 e. The molecule has 0 aromatic heterocycles. The molecule has 0 radical (unpaired) electrons. The molecule has 2 aliphatic heterocycles. The van der Waals surface area contributed by atoms with E-state index in [-0.39, 0.29) is 0 Å². The highest BCUT2D eigenvalue weighted by Crippen LogP contribution is 2.41. The zero-order valence-corrected chi connectivity index (χ0v) is 14.9. The zero-order chi connectivity index (χ0) is 21.1. The fourth-order valence-corrected chi connectivity index (χ4v) is 3.30. The number of ether oxygens (including phenoxy) is 3. The number of hydrogen-bond acceptors (Lipinski definition) is 9. The van der Waals surface area contributed by atoms with Crippen LogP contribution in [0.25, 0.3) is 0 Å². The van der Waals surface area contributed by atoms with Crippen LogP contribution in [0.15, 0.2) is 0 Å². The quantitative estimate of drug-likeness (QED) is 0.340. The van der Waals surface area contributed by atoms with E-state index in [1.807, 2.05) is 0 Å². The Morgan fingerprint density at radius 3 is 1.93 bits per heavy atom. The molecular formula is C10H12F6O9S2. The van der Waals surface area contributed by atoms with E-state index in [9.17, 15) is 43.2 Å². The van der Waals surface area contributed by atoms with Crippen LogP contribution >= 0.6 is 0 Å². The Hall–Kier alpha value is -0.720. The smallest absolute Gasteiger partial charge is 0.341 e. The fourth-order valence-electron chi connectivity index (χ4n) is 2.22. The second-order valence-corrected chi connectivity index (χ2v) is 8.96. The molecule has 9 nitrogen and oxygen atoms in total. The minimum absolute atomic E-state index is 1.30. The van der Waals surface area contributed by atoms with Crippen molar-refractivity contribution in [1.82, 2.24) is 0 Å². The van der Waals surface area contributed by atoms with Gasteiger partial charge >= 0.3 is 31.3 Å². The molecule has 0 amide bonds. The van der Waals surface area contributed by atoms with Crippen molar-refractivity contribution in [2.45, 2.75) is 55.3 Å². The van der Waals surface area contributed by atoms with E-state index in [0.717, 1.165) is 0 Å². The Labute approximate surface area is 148 Å². The summed E-state index contributed by atoms with van der Waals surface area (Å²) < 4.78 is 142. The van der Waals surface area contributed by atoms with Crippen molar-refractivity contribution in [2.24, 2.45) is 0 Å². The topological polar surface area (TPSA) is 114 Å². The van der Waals surface area contributed by atoms with Gasteiger partial charge in [0.15, 0.2) is 12.1 Å². The lowest BCUT2D eigenvalue weighted by Gasteiger charge is -2.25. The van der Waals surface area contributed by atoms with E-state index in [1.165, 1.54) is 13.8 Å². The summed E-state index contributed by atoms with van der Waals surface area (Å²) in [7, 11) is -12.3. The van der Waals surface area contributed by atoms with Gasteiger partial charge in [-0.25, -0.2) is 0 Å². The van der Waals surface area contributed by atoms with Gasteiger partial charge in [0.05, 0.1) is 6.61 Å². The molecule has 2 rings (SSSR count). The molecule has 27 heavy (non-hydrogen) atoms. The van der Waals surface area contributed by atoms with Gasteiger partial charge in [0.1, 0.15) is 18.3 Å². The second-order valence-electron chi connectivity index (χ2n) is 5.79. The molecule has 160 valence electrons. The van der Waals surface area contributed by atoms with Gasteiger partial charge in [-0.05, 0) is 13.8 Å². The molecule has 4 atom stereocenters. The fraction of sp³-hybridized carbons (Fsp3) is 1.00. The summed E-state index contributed by atoms with van der Waals surface area (Å²) in [5, 5.41) is 0. The number of halogens is 6. The van der Waals surface area contributed by atoms with E-state index in [0.29, 0.717) is 0 Å². The van der Waals surface area contributed by atoms with E-state index in [1.54, 1.807) is 0 Å². The highest BCUT2D eigenvalue weighted by molar-refractivity contribution is 7.87. The first-order valence-corrected chi connectivity index (χ1v) is 9.64. The predicted molar refractivity (Wildman–Crippen MR) is 69.5 cm³/mol. The Kier molecular flexibility index (Phi) is 5.57. The first kappa shape index (κ1) is 22.6. The Bertz CT molecular complexity index is 772. The van der Waals surface area contributed by atoms with E-state index in [4.69, 9.17) is 14.2 Å². The lowest BCUT2D eigenvalue weighted by molar-refractivity contribution is -0.216. The van der Waals surface area contributed by atoms with Crippen LogP contribution in [0.4, 0.5) is 26.3 Å². The number of fused-ring (bicyclic) bond motifs is 1. The van der Waals surface area contributed by atoms with Gasteiger partial charge in [-0.15, -0.1) is 0 Å². The molecule has 0 aromatic rings. The molecule has 2 aliphatic rings. The second kappa shape index (κ2) is 6.67. The molecule has 0 N–H and O–H groups in total. The molecule has 0 bridgehead atoms. The molecule has 2 fully saturated rings. The van der Waals surface area contributed by atoms with Gasteiger partial charge in [-0.3, -0.25) is 8.37 Å². The van der Waals surface area contributed by atoms with Crippen molar-refractivity contribution in [3.05, 3.63) is 0 Å². The third kappa shape index (κ3) is 4.65. The van der Waals surface area contributed by atoms with Crippen molar-refractivity contribution in [3.63, 3.8) is 0 Å². The lowest BCUT2D eigenvalue weighted by atomic mass is 10.1. The Morgan fingerprint density at radius 2 is 1.44 bits per heavy atom. The highest BCUT2D eigenvalue weighted by Gasteiger charge is 2.60. The third-order valence-corrected chi connectivity index (χ3v) is 5.34. The van der Waals surface area contributed by atoms with Crippen molar-refractivity contribution in [3.8, 4) is 0 Å². The maximum absolute atomic E-state index is 12.5. The van der Waals surface area contributed by atoms with Crippen LogP contribution in [0.1, 0.15) is 13.8 Å². The summed E-state index contributed by atoms with van der Waals surface area (Å²) in [4.78, 5) is 0. The number of rotatable bonds is 5. The molecule has 2 saturated heterocycles. The summed E-state index contributed by atoms with van der Waals surface area (Å²) in [6.07, 6.45) is -7.33. The minimum atomic E-state index is -6.21. The molecule has 0 spiro atoms. The summed E-state index contributed by atoms with van der Waals surface area (Å²) in [5.41, 5.74) is -11.7. The van der Waals surface area contributed by atoms with Crippen LogP contribution in [0, 0.1) is 0 Å². The van der Waals surface area contributed by atoms with Crippen LogP contribution in [-0.4, -0.2) is 64.8 Å². The molecule has 0 unspecified atom stereocenters. The summed E-state index contributed by atoms with van der Waals surface area (Å²) in [6.45, 7) is 1.09. The zero-order valence-electron chi connectivity index (χ0n) is 13.3. The summed E-state index contributed by atoms with van der Waals surface area (Å²) in [5.74, 6) is -1.44. The van der Waals surface area contributed by atoms with Gasteiger partial charge in [0, 0.05) is 0 Å². The molecule has 0 aromatic carbocycles. The monoisotopic (exact) mass is 454 g/mol. The summed E-state index contributed by atoms with van der Waals surface area (Å²) >= 11 is 0. The predicted octanol–water partition coefficient (Wildman–Crippen LogP) is 0.964. The van der Waals surface area contributed by atoms with E-state index in [2.05, 4.69) is 8.37 Å². The molecule has 0 saturated carbocycles. The van der Waals surface area contributed by atoms with Crippen LogP contribution in [0.3, 0.4) is 0 Å². The SMILES string of the molecule is CC1(C)O[C@H]2O[C@@H](COS(=O)(=O)C(F)(F)F)[C@H](OS(=O)(=O)C(F)(F)F)[C@H]2O1. The molecular weight excluding hydrogens is 442 g/mol.